The lowest BCUT2D eigenvalue weighted by Crippen LogP contribution is -2.31. The van der Waals surface area contributed by atoms with Gasteiger partial charge in [-0.2, -0.15) is 5.10 Å². The van der Waals surface area contributed by atoms with Crippen molar-refractivity contribution in [1.82, 2.24) is 5.43 Å². The molecule has 1 aliphatic heterocycles. The third-order valence-electron chi connectivity index (χ3n) is 3.42. The maximum Gasteiger partial charge on any atom is 0.177 e. The van der Waals surface area contributed by atoms with Crippen LogP contribution in [0.15, 0.2) is 40.4 Å². The van der Waals surface area contributed by atoms with Gasteiger partial charge in [-0.1, -0.05) is 64.4 Å². The molecule has 0 amide bonds. The first kappa shape index (κ1) is 13.2. The van der Waals surface area contributed by atoms with Gasteiger partial charge >= 0.3 is 0 Å². The minimum Gasteiger partial charge on any atom is -0.257 e. The Hall–Kier alpha value is -0.810. The van der Waals surface area contributed by atoms with E-state index in [9.17, 15) is 0 Å². The van der Waals surface area contributed by atoms with E-state index < -0.39 is 0 Å². The molecule has 3 unspecified atom stereocenters. The molecule has 19 heavy (non-hydrogen) atoms. The Kier molecular flexibility index (Phi) is 4.23. The first-order valence-corrected chi connectivity index (χ1v) is 8.35. The fraction of sp³-hybridized carbons (Fsp3) is 0.429. The van der Waals surface area contributed by atoms with Crippen LogP contribution in [-0.4, -0.2) is 27.5 Å². The van der Waals surface area contributed by atoms with E-state index >= 15 is 0 Å². The molecule has 0 aromatic heterocycles. The highest BCUT2D eigenvalue weighted by atomic mass is 79.9. The second-order valence-corrected chi connectivity index (χ2v) is 7.15. The van der Waals surface area contributed by atoms with Crippen molar-refractivity contribution in [2.24, 2.45) is 10.1 Å². The summed E-state index contributed by atoms with van der Waals surface area (Å²) in [4.78, 5) is 5.30. The summed E-state index contributed by atoms with van der Waals surface area (Å²) in [5.74, 6) is 0. The van der Waals surface area contributed by atoms with Gasteiger partial charge in [0.1, 0.15) is 0 Å². The van der Waals surface area contributed by atoms with Crippen molar-refractivity contribution in [3.8, 4) is 0 Å². The molecule has 0 saturated heterocycles. The van der Waals surface area contributed by atoms with Gasteiger partial charge < -0.3 is 0 Å². The molecule has 1 saturated carbocycles. The van der Waals surface area contributed by atoms with Crippen LogP contribution in [0.2, 0.25) is 0 Å². The van der Waals surface area contributed by atoms with E-state index in [1.807, 2.05) is 48.3 Å². The van der Waals surface area contributed by atoms with Crippen LogP contribution >= 0.6 is 27.7 Å². The van der Waals surface area contributed by atoms with Crippen LogP contribution in [0.5, 0.6) is 0 Å². The number of rotatable bonds is 2. The topological polar surface area (TPSA) is 36.8 Å². The number of fused-ring (bicyclic) bond motifs is 1. The van der Waals surface area contributed by atoms with E-state index in [0.29, 0.717) is 16.1 Å². The van der Waals surface area contributed by atoms with Crippen molar-refractivity contribution in [3.63, 3.8) is 0 Å². The summed E-state index contributed by atoms with van der Waals surface area (Å²) in [5, 5.41) is 5.79. The van der Waals surface area contributed by atoms with Gasteiger partial charge in [-0.25, -0.2) is 0 Å². The van der Waals surface area contributed by atoms with Gasteiger partial charge in [-0.3, -0.25) is 10.4 Å². The number of benzene rings is 1. The molecule has 1 heterocycles. The van der Waals surface area contributed by atoms with Crippen molar-refractivity contribution < 1.29 is 0 Å². The lowest BCUT2D eigenvalue weighted by Gasteiger charge is -2.27. The summed E-state index contributed by atoms with van der Waals surface area (Å²) in [6.07, 6.45) is 5.55. The standard InChI is InChI=1S/C14H16BrN3S/c15-11-7-4-8-12-13(11)19-14(17-12)18-16-9-10-5-2-1-3-6-10/h1-3,5-6,9,11-13H,4,7-8H2,(H,17,18)/b16-9-. The number of alkyl halides is 1. The molecule has 1 aromatic rings. The fourth-order valence-electron chi connectivity index (χ4n) is 2.45. The quantitative estimate of drug-likeness (QED) is 0.510. The van der Waals surface area contributed by atoms with Crippen molar-refractivity contribution in [1.29, 1.82) is 0 Å². The number of halogens is 1. The number of aliphatic imine (C=N–C) groups is 1. The highest BCUT2D eigenvalue weighted by molar-refractivity contribution is 9.09. The molecule has 1 aliphatic carbocycles. The molecular weight excluding hydrogens is 322 g/mol. The highest BCUT2D eigenvalue weighted by Crippen LogP contribution is 2.39. The molecular formula is C14H16BrN3S. The first-order valence-electron chi connectivity index (χ1n) is 6.55. The van der Waals surface area contributed by atoms with Crippen molar-refractivity contribution >= 4 is 39.1 Å². The minimum absolute atomic E-state index is 0.456. The van der Waals surface area contributed by atoms with E-state index in [1.165, 1.54) is 19.3 Å². The van der Waals surface area contributed by atoms with Gasteiger partial charge in [0.05, 0.1) is 12.3 Å². The summed E-state index contributed by atoms with van der Waals surface area (Å²) in [6, 6.07) is 10.5. The zero-order valence-electron chi connectivity index (χ0n) is 10.5. The number of amidine groups is 1. The molecule has 0 spiro atoms. The molecule has 0 radical (unpaired) electrons. The second kappa shape index (κ2) is 6.09. The van der Waals surface area contributed by atoms with Crippen molar-refractivity contribution in [3.05, 3.63) is 35.9 Å². The lowest BCUT2D eigenvalue weighted by molar-refractivity contribution is 0.475. The van der Waals surface area contributed by atoms with Crippen LogP contribution in [0, 0.1) is 0 Å². The van der Waals surface area contributed by atoms with E-state index in [2.05, 4.69) is 26.5 Å². The average Bonchev–Trinajstić information content (AvgIpc) is 2.84. The number of hydrazone groups is 1. The molecule has 1 aromatic carbocycles. The second-order valence-electron chi connectivity index (χ2n) is 4.81. The zero-order valence-corrected chi connectivity index (χ0v) is 12.9. The molecule has 3 nitrogen and oxygen atoms in total. The summed E-state index contributed by atoms with van der Waals surface area (Å²) >= 11 is 5.58. The van der Waals surface area contributed by atoms with Crippen LogP contribution in [0.1, 0.15) is 24.8 Å². The van der Waals surface area contributed by atoms with Gasteiger partial charge in [-0.15, -0.1) is 0 Å². The minimum atomic E-state index is 0.456. The van der Waals surface area contributed by atoms with Crippen LogP contribution in [-0.2, 0) is 0 Å². The smallest absolute Gasteiger partial charge is 0.177 e. The molecule has 2 aliphatic rings. The van der Waals surface area contributed by atoms with Gasteiger partial charge in [0, 0.05) is 10.1 Å². The van der Waals surface area contributed by atoms with Crippen molar-refractivity contribution in [2.45, 2.75) is 35.4 Å². The molecule has 0 bridgehead atoms. The van der Waals surface area contributed by atoms with Crippen molar-refractivity contribution in [2.75, 3.05) is 0 Å². The van der Waals surface area contributed by atoms with Crippen LogP contribution in [0.25, 0.3) is 0 Å². The van der Waals surface area contributed by atoms with Gasteiger partial charge in [-0.05, 0) is 18.4 Å². The number of nitrogens with zero attached hydrogens (tertiary/aromatic N) is 2. The number of hydrogen-bond donors (Lipinski definition) is 1. The summed E-state index contributed by atoms with van der Waals surface area (Å²) < 4.78 is 0. The maximum absolute atomic E-state index is 4.72. The SMILES string of the molecule is BrC1CCCC2N=C(N/N=C\c3ccccc3)SC12. The normalized spacial score (nSPS) is 30.2. The zero-order chi connectivity index (χ0) is 13.1. The third-order valence-corrected chi connectivity index (χ3v) is 6.13. The Morgan fingerprint density at radius 2 is 2.16 bits per heavy atom. The largest absolute Gasteiger partial charge is 0.257 e. The summed E-state index contributed by atoms with van der Waals surface area (Å²) in [6.45, 7) is 0. The molecule has 3 rings (SSSR count). The Balaban J connectivity index is 1.58. The van der Waals surface area contributed by atoms with Gasteiger partial charge in [0.2, 0.25) is 0 Å². The Bertz CT molecular complexity index is 489. The fourth-order valence-corrected chi connectivity index (χ4v) is 4.65. The molecule has 1 fully saturated rings. The molecule has 5 heteroatoms. The monoisotopic (exact) mass is 337 g/mol. The van der Waals surface area contributed by atoms with Crippen LogP contribution in [0.4, 0.5) is 0 Å². The van der Waals surface area contributed by atoms with Crippen LogP contribution < -0.4 is 5.43 Å². The number of hydrogen-bond acceptors (Lipinski definition) is 4. The summed E-state index contributed by atoms with van der Waals surface area (Å²) in [7, 11) is 0. The lowest BCUT2D eigenvalue weighted by atomic mass is 9.95. The Morgan fingerprint density at radius 1 is 1.32 bits per heavy atom. The Labute approximate surface area is 126 Å². The maximum atomic E-state index is 4.72. The summed E-state index contributed by atoms with van der Waals surface area (Å²) in [5.41, 5.74) is 4.16. The molecule has 1 N–H and O–H groups in total. The third kappa shape index (κ3) is 3.20. The van der Waals surface area contributed by atoms with E-state index in [4.69, 9.17) is 4.99 Å². The van der Waals surface area contributed by atoms with Crippen LogP contribution in [0.3, 0.4) is 0 Å². The number of nitrogens with one attached hydrogen (secondary N) is 1. The highest BCUT2D eigenvalue weighted by Gasteiger charge is 2.37. The molecule has 3 atom stereocenters. The predicted molar refractivity (Wildman–Crippen MR) is 86.3 cm³/mol. The van der Waals surface area contributed by atoms with E-state index in [0.717, 1.165) is 10.7 Å². The van der Waals surface area contributed by atoms with E-state index in [-0.39, 0.29) is 0 Å². The average molecular weight is 338 g/mol. The molecule has 100 valence electrons. The van der Waals surface area contributed by atoms with Gasteiger partial charge in [0.25, 0.3) is 0 Å². The van der Waals surface area contributed by atoms with E-state index in [1.54, 1.807) is 0 Å². The first-order chi connectivity index (χ1) is 9.33. The number of thioether (sulfide) groups is 1. The van der Waals surface area contributed by atoms with Gasteiger partial charge in [0.15, 0.2) is 5.17 Å². The Morgan fingerprint density at radius 3 is 2.95 bits per heavy atom. The predicted octanol–water partition coefficient (Wildman–Crippen LogP) is 3.40.